The van der Waals surface area contributed by atoms with E-state index in [1.54, 1.807) is 0 Å². The van der Waals surface area contributed by atoms with Crippen LogP contribution in [0.2, 0.25) is 0 Å². The van der Waals surface area contributed by atoms with Crippen molar-refractivity contribution in [2.24, 2.45) is 5.92 Å². The first-order chi connectivity index (χ1) is 10.2. The molecule has 0 saturated heterocycles. The molecule has 1 aromatic carbocycles. The van der Waals surface area contributed by atoms with Crippen molar-refractivity contribution in [1.29, 1.82) is 0 Å². The molecule has 110 valence electrons. The second kappa shape index (κ2) is 6.25. The molecule has 0 spiro atoms. The second-order valence-corrected chi connectivity index (χ2v) is 6.07. The van der Waals surface area contributed by atoms with Gasteiger partial charge in [-0.05, 0) is 55.6 Å². The third-order valence-corrected chi connectivity index (χ3v) is 4.72. The van der Waals surface area contributed by atoms with E-state index in [1.165, 1.54) is 10.9 Å². The normalized spacial score (nSPS) is 22.3. The SMILES string of the molecule is O=C(O)CCC1CCC(c2cccc3cccnc23)CC1. The van der Waals surface area contributed by atoms with Gasteiger partial charge in [0.25, 0.3) is 0 Å². The quantitative estimate of drug-likeness (QED) is 0.906. The Bertz CT molecular complexity index is 625. The van der Waals surface area contributed by atoms with Crippen LogP contribution >= 0.6 is 0 Å². The minimum Gasteiger partial charge on any atom is -0.481 e. The van der Waals surface area contributed by atoms with Gasteiger partial charge in [-0.2, -0.15) is 0 Å². The average Bonchev–Trinajstić information content (AvgIpc) is 2.53. The Kier molecular flexibility index (Phi) is 4.18. The van der Waals surface area contributed by atoms with Crippen LogP contribution in [0, 0.1) is 5.92 Å². The fraction of sp³-hybridized carbons (Fsp3) is 0.444. The molecule has 3 rings (SSSR count). The molecule has 0 unspecified atom stereocenters. The smallest absolute Gasteiger partial charge is 0.303 e. The minimum absolute atomic E-state index is 0.311. The topological polar surface area (TPSA) is 50.2 Å². The number of para-hydroxylation sites is 1. The highest BCUT2D eigenvalue weighted by Crippen LogP contribution is 2.39. The van der Waals surface area contributed by atoms with Gasteiger partial charge in [-0.15, -0.1) is 0 Å². The summed E-state index contributed by atoms with van der Waals surface area (Å²) < 4.78 is 0. The molecule has 0 amide bonds. The van der Waals surface area contributed by atoms with E-state index < -0.39 is 5.97 Å². The molecular weight excluding hydrogens is 262 g/mol. The summed E-state index contributed by atoms with van der Waals surface area (Å²) >= 11 is 0. The van der Waals surface area contributed by atoms with Crippen molar-refractivity contribution < 1.29 is 9.90 Å². The molecule has 1 saturated carbocycles. The zero-order chi connectivity index (χ0) is 14.7. The van der Waals surface area contributed by atoms with Crippen molar-refractivity contribution in [1.82, 2.24) is 4.98 Å². The zero-order valence-corrected chi connectivity index (χ0v) is 12.2. The number of carboxylic acids is 1. The average molecular weight is 283 g/mol. The van der Waals surface area contributed by atoms with Crippen LogP contribution in [0.3, 0.4) is 0 Å². The van der Waals surface area contributed by atoms with E-state index in [0.29, 0.717) is 18.3 Å². The number of benzene rings is 1. The van der Waals surface area contributed by atoms with Crippen molar-refractivity contribution in [3.63, 3.8) is 0 Å². The summed E-state index contributed by atoms with van der Waals surface area (Å²) in [6.07, 6.45) is 7.59. The Morgan fingerprint density at radius 3 is 2.67 bits per heavy atom. The van der Waals surface area contributed by atoms with Crippen molar-refractivity contribution in [2.45, 2.75) is 44.4 Å². The van der Waals surface area contributed by atoms with Crippen molar-refractivity contribution in [3.8, 4) is 0 Å². The number of aromatic nitrogens is 1. The third kappa shape index (κ3) is 3.23. The first-order valence-electron chi connectivity index (χ1n) is 7.79. The van der Waals surface area contributed by atoms with Crippen LogP contribution in [-0.4, -0.2) is 16.1 Å². The van der Waals surface area contributed by atoms with E-state index in [2.05, 4.69) is 29.2 Å². The molecule has 1 N–H and O–H groups in total. The van der Waals surface area contributed by atoms with Crippen LogP contribution in [0.1, 0.15) is 50.0 Å². The number of fused-ring (bicyclic) bond motifs is 1. The third-order valence-electron chi connectivity index (χ3n) is 4.72. The Balaban J connectivity index is 1.70. The maximum atomic E-state index is 10.7. The van der Waals surface area contributed by atoms with Crippen LogP contribution < -0.4 is 0 Å². The fourth-order valence-corrected chi connectivity index (χ4v) is 3.55. The summed E-state index contributed by atoms with van der Waals surface area (Å²) in [7, 11) is 0. The van der Waals surface area contributed by atoms with Gasteiger partial charge >= 0.3 is 5.97 Å². The molecule has 0 aliphatic heterocycles. The molecule has 1 aliphatic rings. The number of carboxylic acid groups (broad SMARTS) is 1. The second-order valence-electron chi connectivity index (χ2n) is 6.07. The van der Waals surface area contributed by atoms with E-state index in [0.717, 1.165) is 37.6 Å². The predicted molar refractivity (Wildman–Crippen MR) is 83.3 cm³/mol. The molecule has 2 aromatic rings. The molecule has 1 heterocycles. The van der Waals surface area contributed by atoms with Crippen LogP contribution in [0.15, 0.2) is 36.5 Å². The van der Waals surface area contributed by atoms with Gasteiger partial charge in [0.15, 0.2) is 0 Å². The van der Waals surface area contributed by atoms with Gasteiger partial charge in [-0.1, -0.05) is 24.3 Å². The van der Waals surface area contributed by atoms with E-state index >= 15 is 0 Å². The standard InChI is InChI=1S/C18H21NO2/c20-17(21)11-8-13-6-9-14(10-7-13)16-5-1-3-15-4-2-12-19-18(15)16/h1-5,12-14H,6-11H2,(H,20,21). The van der Waals surface area contributed by atoms with E-state index in [9.17, 15) is 4.79 Å². The molecule has 1 fully saturated rings. The highest BCUT2D eigenvalue weighted by molar-refractivity contribution is 5.82. The van der Waals surface area contributed by atoms with Crippen molar-refractivity contribution in [2.75, 3.05) is 0 Å². The van der Waals surface area contributed by atoms with Gasteiger partial charge in [-0.3, -0.25) is 9.78 Å². The molecule has 0 radical (unpaired) electrons. The summed E-state index contributed by atoms with van der Waals surface area (Å²) in [5.74, 6) is 0.486. The highest BCUT2D eigenvalue weighted by Gasteiger charge is 2.24. The predicted octanol–water partition coefficient (Wildman–Crippen LogP) is 4.37. The number of hydrogen-bond donors (Lipinski definition) is 1. The molecule has 3 heteroatoms. The maximum Gasteiger partial charge on any atom is 0.303 e. The van der Waals surface area contributed by atoms with Crippen LogP contribution in [0.5, 0.6) is 0 Å². The molecule has 0 bridgehead atoms. The first-order valence-corrected chi connectivity index (χ1v) is 7.79. The fourth-order valence-electron chi connectivity index (χ4n) is 3.55. The summed E-state index contributed by atoms with van der Waals surface area (Å²) in [4.78, 5) is 15.2. The maximum absolute atomic E-state index is 10.7. The highest BCUT2D eigenvalue weighted by atomic mass is 16.4. The monoisotopic (exact) mass is 283 g/mol. The molecule has 21 heavy (non-hydrogen) atoms. The van der Waals surface area contributed by atoms with Gasteiger partial charge in [0.05, 0.1) is 5.52 Å². The Morgan fingerprint density at radius 1 is 1.14 bits per heavy atom. The number of rotatable bonds is 4. The number of nitrogens with zero attached hydrogens (tertiary/aromatic N) is 1. The van der Waals surface area contributed by atoms with Gasteiger partial charge in [0.2, 0.25) is 0 Å². The number of pyridine rings is 1. The van der Waals surface area contributed by atoms with Crippen LogP contribution in [-0.2, 0) is 4.79 Å². The van der Waals surface area contributed by atoms with Gasteiger partial charge in [-0.25, -0.2) is 0 Å². The molecular formula is C18H21NO2. The van der Waals surface area contributed by atoms with Crippen molar-refractivity contribution >= 4 is 16.9 Å². The molecule has 1 aliphatic carbocycles. The zero-order valence-electron chi connectivity index (χ0n) is 12.2. The van der Waals surface area contributed by atoms with Crippen LogP contribution in [0.4, 0.5) is 0 Å². The Morgan fingerprint density at radius 2 is 1.90 bits per heavy atom. The van der Waals surface area contributed by atoms with Crippen LogP contribution in [0.25, 0.3) is 10.9 Å². The summed E-state index contributed by atoms with van der Waals surface area (Å²) in [6.45, 7) is 0. The Hall–Kier alpha value is -1.90. The summed E-state index contributed by atoms with van der Waals surface area (Å²) in [5, 5.41) is 10.00. The molecule has 3 nitrogen and oxygen atoms in total. The Labute approximate surface area is 125 Å². The number of hydrogen-bond acceptors (Lipinski definition) is 2. The number of carbonyl (C=O) groups is 1. The van der Waals surface area contributed by atoms with Gasteiger partial charge in [0, 0.05) is 18.0 Å². The summed E-state index contributed by atoms with van der Waals surface area (Å²) in [5.41, 5.74) is 2.50. The lowest BCUT2D eigenvalue weighted by molar-refractivity contribution is -0.137. The lowest BCUT2D eigenvalue weighted by Gasteiger charge is -2.29. The van der Waals surface area contributed by atoms with E-state index in [4.69, 9.17) is 5.11 Å². The van der Waals surface area contributed by atoms with E-state index in [1.807, 2.05) is 12.3 Å². The largest absolute Gasteiger partial charge is 0.481 e. The lowest BCUT2D eigenvalue weighted by Crippen LogP contribution is -2.15. The minimum atomic E-state index is -0.671. The van der Waals surface area contributed by atoms with Gasteiger partial charge < -0.3 is 5.11 Å². The first kappa shape index (κ1) is 14.1. The molecule has 0 atom stereocenters. The molecule has 1 aromatic heterocycles. The summed E-state index contributed by atoms with van der Waals surface area (Å²) in [6, 6.07) is 10.5. The van der Waals surface area contributed by atoms with Crippen molar-refractivity contribution in [3.05, 3.63) is 42.1 Å². The van der Waals surface area contributed by atoms with E-state index in [-0.39, 0.29) is 0 Å². The lowest BCUT2D eigenvalue weighted by atomic mass is 9.77. The van der Waals surface area contributed by atoms with Gasteiger partial charge in [0.1, 0.15) is 0 Å². The number of aliphatic carboxylic acids is 1.